The molecule has 0 fully saturated rings. The van der Waals surface area contributed by atoms with Crippen LogP contribution < -0.4 is 5.32 Å². The Morgan fingerprint density at radius 3 is 2.44 bits per heavy atom. The molecule has 6 heteroatoms. The highest BCUT2D eigenvalue weighted by Gasteiger charge is 2.31. The van der Waals surface area contributed by atoms with Crippen molar-refractivity contribution >= 4 is 5.91 Å². The van der Waals surface area contributed by atoms with Crippen LogP contribution in [0.4, 0.5) is 8.78 Å². The van der Waals surface area contributed by atoms with E-state index >= 15 is 0 Å². The van der Waals surface area contributed by atoms with Gasteiger partial charge in [-0.15, -0.1) is 0 Å². The third-order valence-electron chi connectivity index (χ3n) is 5.90. The van der Waals surface area contributed by atoms with Gasteiger partial charge in [0.1, 0.15) is 11.6 Å². The lowest BCUT2D eigenvalue weighted by Crippen LogP contribution is -2.32. The minimum absolute atomic E-state index is 0.144. The molecule has 0 aliphatic carbocycles. The van der Waals surface area contributed by atoms with Gasteiger partial charge in [-0.1, -0.05) is 24.3 Å². The number of hydrogen-bond donors (Lipinski definition) is 1. The van der Waals surface area contributed by atoms with E-state index in [1.165, 1.54) is 18.2 Å². The van der Waals surface area contributed by atoms with E-state index in [0.29, 0.717) is 30.6 Å². The Morgan fingerprint density at radius 2 is 1.72 bits per heavy atom. The molecule has 1 aliphatic rings. The highest BCUT2D eigenvalue weighted by molar-refractivity contribution is 6.07. The monoisotopic (exact) mass is 429 g/mol. The van der Waals surface area contributed by atoms with Crippen LogP contribution in [0.1, 0.15) is 27.2 Å². The van der Waals surface area contributed by atoms with Crippen LogP contribution in [0.5, 0.6) is 0 Å². The molecule has 32 heavy (non-hydrogen) atoms. The van der Waals surface area contributed by atoms with E-state index in [1.54, 1.807) is 37.5 Å². The fourth-order valence-corrected chi connectivity index (χ4v) is 4.42. The summed E-state index contributed by atoms with van der Waals surface area (Å²) in [6, 6.07) is 15.1. The highest BCUT2D eigenvalue weighted by atomic mass is 19.1. The van der Waals surface area contributed by atoms with Gasteiger partial charge in [0, 0.05) is 48.7 Å². The molecule has 0 unspecified atom stereocenters. The van der Waals surface area contributed by atoms with Gasteiger partial charge in [0.05, 0.1) is 11.3 Å². The molecule has 1 N–H and O–H groups in total. The fourth-order valence-electron chi connectivity index (χ4n) is 4.42. The van der Waals surface area contributed by atoms with Gasteiger partial charge >= 0.3 is 0 Å². The smallest absolute Gasteiger partial charge is 0.253 e. The largest absolute Gasteiger partial charge is 0.352 e. The van der Waals surface area contributed by atoms with Gasteiger partial charge in [0.2, 0.25) is 0 Å². The number of rotatable bonds is 4. The van der Waals surface area contributed by atoms with Crippen LogP contribution in [-0.2, 0) is 13.0 Å². The van der Waals surface area contributed by atoms with Crippen molar-refractivity contribution in [1.82, 2.24) is 14.9 Å². The maximum absolute atomic E-state index is 13.9. The summed E-state index contributed by atoms with van der Waals surface area (Å²) in [4.78, 5) is 17.2. The molecule has 1 aliphatic heterocycles. The average molecular weight is 429 g/mol. The summed E-state index contributed by atoms with van der Waals surface area (Å²) < 4.78 is 29.7. The van der Waals surface area contributed by atoms with Crippen molar-refractivity contribution in [3.8, 4) is 22.4 Å². The zero-order valence-corrected chi connectivity index (χ0v) is 17.5. The van der Waals surface area contributed by atoms with Crippen molar-refractivity contribution in [1.29, 1.82) is 0 Å². The first-order valence-corrected chi connectivity index (χ1v) is 10.5. The molecule has 2 aromatic heterocycles. The molecule has 5 rings (SSSR count). The van der Waals surface area contributed by atoms with Crippen LogP contribution in [0, 0.1) is 18.6 Å². The van der Waals surface area contributed by atoms with Crippen molar-refractivity contribution in [3.63, 3.8) is 0 Å². The minimum atomic E-state index is -0.334. The molecule has 1 amide bonds. The molecule has 0 spiro atoms. The average Bonchev–Trinajstić information content (AvgIpc) is 3.13. The van der Waals surface area contributed by atoms with Crippen LogP contribution in [-0.4, -0.2) is 22.0 Å². The minimum Gasteiger partial charge on any atom is -0.352 e. The number of nitrogens with zero attached hydrogens (tertiary/aromatic N) is 2. The fraction of sp³-hybridized carbons (Fsp3) is 0.154. The summed E-state index contributed by atoms with van der Waals surface area (Å²) in [5.74, 6) is -0.724. The first kappa shape index (κ1) is 20.1. The quantitative estimate of drug-likeness (QED) is 0.488. The summed E-state index contributed by atoms with van der Waals surface area (Å²) in [5, 5.41) is 2.94. The van der Waals surface area contributed by atoms with Crippen LogP contribution in [0.15, 0.2) is 67.0 Å². The summed E-state index contributed by atoms with van der Waals surface area (Å²) in [6.07, 6.45) is 4.09. The summed E-state index contributed by atoms with van der Waals surface area (Å²) >= 11 is 0. The number of fused-ring (bicyclic) bond motifs is 1. The van der Waals surface area contributed by atoms with Crippen molar-refractivity contribution < 1.29 is 13.6 Å². The number of carbonyl (C=O) groups is 1. The number of halogens is 2. The number of carbonyl (C=O) groups excluding carboxylic acids is 1. The lowest BCUT2D eigenvalue weighted by molar-refractivity contribution is 0.0946. The van der Waals surface area contributed by atoms with Crippen molar-refractivity contribution in [2.24, 2.45) is 0 Å². The molecular formula is C26H21F2N3O. The Kier molecular flexibility index (Phi) is 5.05. The Hall–Kier alpha value is -3.80. The maximum atomic E-state index is 13.9. The second-order valence-corrected chi connectivity index (χ2v) is 7.96. The van der Waals surface area contributed by atoms with E-state index in [0.717, 1.165) is 33.6 Å². The number of hydrogen-bond acceptors (Lipinski definition) is 2. The van der Waals surface area contributed by atoms with E-state index in [1.807, 2.05) is 18.2 Å². The van der Waals surface area contributed by atoms with Crippen molar-refractivity contribution in [2.45, 2.75) is 19.9 Å². The van der Waals surface area contributed by atoms with Gasteiger partial charge in [-0.2, -0.15) is 0 Å². The topological polar surface area (TPSA) is 46.9 Å². The van der Waals surface area contributed by atoms with E-state index in [-0.39, 0.29) is 17.5 Å². The normalized spacial score (nSPS) is 13.0. The third kappa shape index (κ3) is 3.47. The Bertz CT molecular complexity index is 1310. The molecule has 4 nitrogen and oxygen atoms in total. The zero-order valence-electron chi connectivity index (χ0n) is 17.5. The number of aromatic nitrogens is 2. The second kappa shape index (κ2) is 8.04. The first-order valence-electron chi connectivity index (χ1n) is 10.5. The van der Waals surface area contributed by atoms with Crippen molar-refractivity contribution in [3.05, 3.63) is 101 Å². The zero-order chi connectivity index (χ0) is 22.2. The van der Waals surface area contributed by atoms with Gasteiger partial charge in [-0.05, 0) is 53.9 Å². The van der Waals surface area contributed by atoms with Gasteiger partial charge in [-0.25, -0.2) is 8.78 Å². The SMILES string of the molecule is Cc1cc(Cn2c3c(c(-c4ccc(F)cc4)c2-c2ccncc2)C(=O)NCC3)ccc1F. The Labute approximate surface area is 184 Å². The number of nitrogens with one attached hydrogen (secondary N) is 1. The highest BCUT2D eigenvalue weighted by Crippen LogP contribution is 2.41. The third-order valence-corrected chi connectivity index (χ3v) is 5.90. The number of benzene rings is 2. The van der Waals surface area contributed by atoms with E-state index in [2.05, 4.69) is 14.9 Å². The molecule has 4 aromatic rings. The number of aryl methyl sites for hydroxylation is 1. The molecule has 160 valence electrons. The lowest BCUT2D eigenvalue weighted by Gasteiger charge is -2.18. The van der Waals surface area contributed by atoms with E-state index < -0.39 is 0 Å². The van der Waals surface area contributed by atoms with E-state index in [9.17, 15) is 13.6 Å². The summed E-state index contributed by atoms with van der Waals surface area (Å²) in [5.41, 5.74) is 6.33. The Balaban J connectivity index is 1.80. The number of amides is 1. The first-order chi connectivity index (χ1) is 15.5. The molecule has 0 radical (unpaired) electrons. The molecule has 2 aromatic carbocycles. The van der Waals surface area contributed by atoms with Gasteiger partial charge in [0.15, 0.2) is 0 Å². The van der Waals surface area contributed by atoms with Crippen LogP contribution in [0.25, 0.3) is 22.4 Å². The number of pyridine rings is 1. The van der Waals surface area contributed by atoms with Gasteiger partial charge in [0.25, 0.3) is 5.91 Å². The predicted octanol–water partition coefficient (Wildman–Crippen LogP) is 5.14. The standard InChI is InChI=1S/C26H21F2N3O/c1-16-14-17(2-7-21(16)28)15-31-22-10-13-30-26(32)24(22)23(18-3-5-20(27)6-4-18)25(31)19-8-11-29-12-9-19/h2-9,11-12,14H,10,13,15H2,1H3,(H,30,32). The lowest BCUT2D eigenvalue weighted by atomic mass is 9.95. The summed E-state index contributed by atoms with van der Waals surface area (Å²) in [6.45, 7) is 2.76. The summed E-state index contributed by atoms with van der Waals surface area (Å²) in [7, 11) is 0. The maximum Gasteiger partial charge on any atom is 0.253 e. The van der Waals surface area contributed by atoms with Crippen LogP contribution in [0.3, 0.4) is 0 Å². The van der Waals surface area contributed by atoms with E-state index in [4.69, 9.17) is 0 Å². The predicted molar refractivity (Wildman–Crippen MR) is 119 cm³/mol. The Morgan fingerprint density at radius 1 is 0.969 bits per heavy atom. The molecule has 0 bridgehead atoms. The molecular weight excluding hydrogens is 408 g/mol. The van der Waals surface area contributed by atoms with Crippen molar-refractivity contribution in [2.75, 3.05) is 6.54 Å². The second-order valence-electron chi connectivity index (χ2n) is 7.96. The molecule has 3 heterocycles. The van der Waals surface area contributed by atoms with Gasteiger partial charge in [-0.3, -0.25) is 9.78 Å². The van der Waals surface area contributed by atoms with Gasteiger partial charge < -0.3 is 9.88 Å². The molecule has 0 saturated carbocycles. The van der Waals surface area contributed by atoms with Crippen LogP contribution >= 0.6 is 0 Å². The molecule has 0 saturated heterocycles. The molecule has 0 atom stereocenters. The van der Waals surface area contributed by atoms with Crippen LogP contribution in [0.2, 0.25) is 0 Å².